The highest BCUT2D eigenvalue weighted by molar-refractivity contribution is 6.32. The predicted molar refractivity (Wildman–Crippen MR) is 79.2 cm³/mol. The highest BCUT2D eigenvalue weighted by Gasteiger charge is 2.22. The van der Waals surface area contributed by atoms with Gasteiger partial charge in [0.2, 0.25) is 11.8 Å². The molecule has 3 heterocycles. The predicted octanol–water partition coefficient (Wildman–Crippen LogP) is 1.26. The second-order valence-electron chi connectivity index (χ2n) is 5.01. The number of nitrogens with zero attached hydrogens (tertiary/aromatic N) is 4. The Morgan fingerprint density at radius 1 is 1.41 bits per heavy atom. The highest BCUT2D eigenvalue weighted by Crippen LogP contribution is 2.25. The largest absolute Gasteiger partial charge is 0.423 e. The van der Waals surface area contributed by atoms with Crippen LogP contribution < -0.4 is 10.9 Å². The van der Waals surface area contributed by atoms with Crippen molar-refractivity contribution in [2.24, 2.45) is 0 Å². The minimum atomic E-state index is -0.403. The van der Waals surface area contributed by atoms with E-state index in [0.717, 1.165) is 12.8 Å². The van der Waals surface area contributed by atoms with Gasteiger partial charge in [-0.2, -0.15) is 5.10 Å². The van der Waals surface area contributed by atoms with Gasteiger partial charge in [0.05, 0.1) is 11.9 Å². The van der Waals surface area contributed by atoms with Gasteiger partial charge in [0.15, 0.2) is 0 Å². The lowest BCUT2D eigenvalue weighted by molar-refractivity contribution is 0.0791. The summed E-state index contributed by atoms with van der Waals surface area (Å²) in [5, 5.41) is 15.0. The van der Waals surface area contributed by atoms with Crippen LogP contribution in [0.15, 0.2) is 15.4 Å². The molecule has 1 N–H and O–H groups in total. The third kappa shape index (κ3) is 2.97. The normalized spacial score (nSPS) is 15.9. The molecule has 0 spiro atoms. The van der Waals surface area contributed by atoms with Gasteiger partial charge in [-0.15, -0.1) is 10.2 Å². The molecule has 1 fully saturated rings. The Morgan fingerprint density at radius 2 is 2.18 bits per heavy atom. The van der Waals surface area contributed by atoms with Crippen molar-refractivity contribution in [3.8, 4) is 0 Å². The number of rotatable bonds is 4. The summed E-state index contributed by atoms with van der Waals surface area (Å²) in [6.07, 6.45) is 3.21. The molecule has 0 unspecified atom stereocenters. The maximum atomic E-state index is 12.1. The van der Waals surface area contributed by atoms with Crippen molar-refractivity contribution in [3.05, 3.63) is 33.4 Å². The Balaban J connectivity index is 1.78. The lowest BCUT2D eigenvalue weighted by Gasteiger charge is -2.18. The Morgan fingerprint density at radius 3 is 2.91 bits per heavy atom. The van der Waals surface area contributed by atoms with Crippen LogP contribution in [0.1, 0.15) is 30.5 Å². The zero-order valence-electron chi connectivity index (χ0n) is 12.1. The first-order valence-electron chi connectivity index (χ1n) is 7.02. The maximum Gasteiger partial charge on any atom is 0.288 e. The van der Waals surface area contributed by atoms with E-state index in [9.17, 15) is 4.79 Å². The maximum absolute atomic E-state index is 12.1. The molecule has 2 aromatic rings. The fraction of sp³-hybridized carbons (Fsp3) is 0.538. The van der Waals surface area contributed by atoms with E-state index in [1.807, 2.05) is 0 Å². The van der Waals surface area contributed by atoms with E-state index >= 15 is 0 Å². The molecule has 0 atom stereocenters. The van der Waals surface area contributed by atoms with Crippen LogP contribution in [0.5, 0.6) is 0 Å². The molecule has 0 bridgehead atoms. The molecular weight excluding hydrogens is 310 g/mol. The molecule has 118 valence electrons. The summed E-state index contributed by atoms with van der Waals surface area (Å²) >= 11 is 5.98. The van der Waals surface area contributed by atoms with Gasteiger partial charge in [-0.25, -0.2) is 4.68 Å². The number of aromatic nitrogens is 4. The first-order valence-corrected chi connectivity index (χ1v) is 7.40. The van der Waals surface area contributed by atoms with Gasteiger partial charge in [0, 0.05) is 26.2 Å². The van der Waals surface area contributed by atoms with Crippen molar-refractivity contribution >= 4 is 17.3 Å². The summed E-state index contributed by atoms with van der Waals surface area (Å²) in [7, 11) is 1.67. The van der Waals surface area contributed by atoms with Crippen molar-refractivity contribution in [2.75, 3.05) is 25.6 Å². The molecule has 0 radical (unpaired) electrons. The van der Waals surface area contributed by atoms with E-state index < -0.39 is 5.56 Å². The van der Waals surface area contributed by atoms with Crippen LogP contribution in [-0.2, 0) is 11.3 Å². The van der Waals surface area contributed by atoms with Gasteiger partial charge in [-0.3, -0.25) is 4.79 Å². The van der Waals surface area contributed by atoms with Gasteiger partial charge in [0.25, 0.3) is 5.56 Å². The number of halogens is 1. The molecule has 1 aliphatic rings. The first kappa shape index (κ1) is 15.0. The van der Waals surface area contributed by atoms with Crippen molar-refractivity contribution in [1.82, 2.24) is 20.0 Å². The van der Waals surface area contributed by atoms with Crippen LogP contribution in [-0.4, -0.2) is 40.2 Å². The molecule has 0 aliphatic carbocycles. The van der Waals surface area contributed by atoms with E-state index in [-0.39, 0.29) is 17.5 Å². The average Bonchev–Trinajstić information content (AvgIpc) is 3.02. The Kier molecular flexibility index (Phi) is 4.39. The van der Waals surface area contributed by atoms with Gasteiger partial charge in [0.1, 0.15) is 11.6 Å². The first-order chi connectivity index (χ1) is 10.7. The number of hydrogen-bond acceptors (Lipinski definition) is 7. The standard InChI is InChI=1S/C13H16ClN5O3/c1-15-9-6-16-19(13(20)11(9)14)7-10-17-18-12(22-10)8-2-4-21-5-3-8/h6,8,15H,2-5,7H2,1H3. The SMILES string of the molecule is CNc1cnn(Cc2nnc(C3CCOCC3)o2)c(=O)c1Cl. The Hall–Kier alpha value is -1.93. The third-order valence-corrected chi connectivity index (χ3v) is 3.96. The molecule has 0 aromatic carbocycles. The van der Waals surface area contributed by atoms with E-state index in [0.29, 0.717) is 30.7 Å². The molecule has 3 rings (SSSR count). The summed E-state index contributed by atoms with van der Waals surface area (Å²) in [6, 6.07) is 0. The highest BCUT2D eigenvalue weighted by atomic mass is 35.5. The minimum absolute atomic E-state index is 0.0849. The van der Waals surface area contributed by atoms with Crippen LogP contribution in [0.4, 0.5) is 5.69 Å². The number of hydrogen-bond donors (Lipinski definition) is 1. The van der Waals surface area contributed by atoms with Gasteiger partial charge < -0.3 is 14.5 Å². The van der Waals surface area contributed by atoms with Crippen molar-refractivity contribution in [2.45, 2.75) is 25.3 Å². The second-order valence-corrected chi connectivity index (χ2v) is 5.38. The third-order valence-electron chi connectivity index (χ3n) is 3.59. The lowest BCUT2D eigenvalue weighted by atomic mass is 10.0. The lowest BCUT2D eigenvalue weighted by Crippen LogP contribution is -2.24. The minimum Gasteiger partial charge on any atom is -0.423 e. The average molecular weight is 326 g/mol. The van der Waals surface area contributed by atoms with Crippen LogP contribution in [0.3, 0.4) is 0 Å². The van der Waals surface area contributed by atoms with Crippen LogP contribution in [0, 0.1) is 0 Å². The van der Waals surface area contributed by atoms with Crippen molar-refractivity contribution in [1.29, 1.82) is 0 Å². The zero-order valence-corrected chi connectivity index (χ0v) is 12.8. The summed E-state index contributed by atoms with van der Waals surface area (Å²) in [4.78, 5) is 12.1. The van der Waals surface area contributed by atoms with Gasteiger partial charge >= 0.3 is 0 Å². The summed E-state index contributed by atoms with van der Waals surface area (Å²) in [5.41, 5.74) is 0.0793. The van der Waals surface area contributed by atoms with Gasteiger partial charge in [-0.1, -0.05) is 11.6 Å². The van der Waals surface area contributed by atoms with Crippen molar-refractivity contribution in [3.63, 3.8) is 0 Å². The van der Waals surface area contributed by atoms with E-state index in [1.165, 1.54) is 10.9 Å². The number of nitrogens with one attached hydrogen (secondary N) is 1. The summed E-state index contributed by atoms with van der Waals surface area (Å²) in [6.45, 7) is 1.49. The molecule has 1 aliphatic heterocycles. The molecule has 8 nitrogen and oxygen atoms in total. The van der Waals surface area contributed by atoms with Crippen LogP contribution in [0.2, 0.25) is 5.02 Å². The van der Waals surface area contributed by atoms with E-state index in [2.05, 4.69) is 20.6 Å². The topological polar surface area (TPSA) is 95.1 Å². The van der Waals surface area contributed by atoms with Crippen LogP contribution >= 0.6 is 11.6 Å². The van der Waals surface area contributed by atoms with Crippen molar-refractivity contribution < 1.29 is 9.15 Å². The zero-order chi connectivity index (χ0) is 15.5. The molecule has 22 heavy (non-hydrogen) atoms. The summed E-state index contributed by atoms with van der Waals surface area (Å²) < 4.78 is 12.1. The smallest absolute Gasteiger partial charge is 0.288 e. The Bertz CT molecular complexity index is 708. The molecule has 0 amide bonds. The molecular formula is C13H16ClN5O3. The second kappa shape index (κ2) is 6.45. The number of ether oxygens (including phenoxy) is 1. The van der Waals surface area contributed by atoms with E-state index in [4.69, 9.17) is 20.8 Å². The monoisotopic (exact) mass is 325 g/mol. The summed E-state index contributed by atoms with van der Waals surface area (Å²) in [5.74, 6) is 1.14. The quantitative estimate of drug-likeness (QED) is 0.904. The molecule has 0 saturated carbocycles. The Labute approximate surface area is 131 Å². The van der Waals surface area contributed by atoms with Crippen LogP contribution in [0.25, 0.3) is 0 Å². The molecule has 9 heteroatoms. The fourth-order valence-electron chi connectivity index (χ4n) is 2.32. The number of anilines is 1. The van der Waals surface area contributed by atoms with E-state index in [1.54, 1.807) is 7.05 Å². The van der Waals surface area contributed by atoms with Gasteiger partial charge in [-0.05, 0) is 12.8 Å². The fourth-order valence-corrected chi connectivity index (χ4v) is 2.56. The molecule has 1 saturated heterocycles. The molecule has 2 aromatic heterocycles.